The average molecular weight is 209 g/mol. The molecule has 0 aromatic carbocycles. The molecule has 0 N–H and O–H groups in total. The predicted octanol–water partition coefficient (Wildman–Crippen LogP) is 1.87. The van der Waals surface area contributed by atoms with Gasteiger partial charge in [0.2, 0.25) is 0 Å². The van der Waals surface area contributed by atoms with Crippen molar-refractivity contribution in [2.24, 2.45) is 0 Å². The highest BCUT2D eigenvalue weighted by Gasteiger charge is 2.20. The number of nitrogens with zero attached hydrogens (tertiary/aromatic N) is 2. The Morgan fingerprint density at radius 2 is 2.07 bits per heavy atom. The minimum absolute atomic E-state index is 0.351. The van der Waals surface area contributed by atoms with Crippen LogP contribution in [0.1, 0.15) is 10.9 Å². The first-order valence-corrected chi connectivity index (χ1v) is 5.94. The highest BCUT2D eigenvalue weighted by molar-refractivity contribution is 7.10. The Morgan fingerprint density at radius 3 is 2.64 bits per heavy atom. The van der Waals surface area contributed by atoms with Crippen LogP contribution in [0, 0.1) is 6.92 Å². The molecule has 2 rings (SSSR count). The van der Waals surface area contributed by atoms with Crippen molar-refractivity contribution < 1.29 is 0 Å². The Bertz CT molecular complexity index is 263. The number of rotatable bonds is 2. The lowest BCUT2D eigenvalue weighted by Gasteiger charge is -2.35. The first kappa shape index (κ1) is 10.1. The molecular formula is C11H17N2S. The van der Waals surface area contributed by atoms with Crippen LogP contribution < -0.4 is 0 Å². The molecule has 0 amide bonds. The summed E-state index contributed by atoms with van der Waals surface area (Å²) in [6.45, 7) is 8.86. The van der Waals surface area contributed by atoms with Crippen molar-refractivity contribution in [2.45, 2.75) is 6.04 Å². The smallest absolute Gasteiger partial charge is 0.0443 e. The molecule has 1 aromatic rings. The van der Waals surface area contributed by atoms with Gasteiger partial charge < -0.3 is 4.90 Å². The van der Waals surface area contributed by atoms with E-state index in [0.29, 0.717) is 6.04 Å². The molecule has 77 valence electrons. The molecular weight excluding hydrogens is 192 g/mol. The van der Waals surface area contributed by atoms with Gasteiger partial charge >= 0.3 is 0 Å². The lowest BCUT2D eigenvalue weighted by atomic mass is 10.2. The third-order valence-corrected chi connectivity index (χ3v) is 3.82. The molecule has 1 atom stereocenters. The number of piperazine rings is 1. The molecule has 1 aliphatic heterocycles. The molecule has 1 unspecified atom stereocenters. The second-order valence-corrected chi connectivity index (χ2v) is 4.85. The maximum Gasteiger partial charge on any atom is 0.0443 e. The van der Waals surface area contributed by atoms with Crippen molar-refractivity contribution in [2.75, 3.05) is 33.2 Å². The number of hydrogen-bond donors (Lipinski definition) is 0. The van der Waals surface area contributed by atoms with Gasteiger partial charge in [-0.1, -0.05) is 6.07 Å². The molecule has 0 saturated carbocycles. The zero-order valence-corrected chi connectivity index (χ0v) is 9.46. The van der Waals surface area contributed by atoms with Gasteiger partial charge in [0.25, 0.3) is 0 Å². The third-order valence-electron chi connectivity index (χ3n) is 2.85. The second kappa shape index (κ2) is 4.43. The van der Waals surface area contributed by atoms with Crippen molar-refractivity contribution in [1.29, 1.82) is 0 Å². The van der Waals surface area contributed by atoms with Gasteiger partial charge in [0.1, 0.15) is 0 Å². The third kappa shape index (κ3) is 2.16. The predicted molar refractivity (Wildman–Crippen MR) is 61.5 cm³/mol. The van der Waals surface area contributed by atoms with E-state index < -0.39 is 0 Å². The van der Waals surface area contributed by atoms with Crippen LogP contribution in [0.5, 0.6) is 0 Å². The van der Waals surface area contributed by atoms with E-state index in [1.54, 1.807) is 0 Å². The summed E-state index contributed by atoms with van der Waals surface area (Å²) in [7, 11) is 2.18. The standard InChI is InChI=1S/C11H17N2S/c1-10(11-4-3-9-14-11)13-7-5-12(2)6-8-13/h3-4,9-10H,1,5-8H2,2H3. The minimum Gasteiger partial charge on any atom is -0.304 e. The van der Waals surface area contributed by atoms with Gasteiger partial charge in [-0.15, -0.1) is 11.3 Å². The topological polar surface area (TPSA) is 6.48 Å². The first-order chi connectivity index (χ1) is 6.77. The van der Waals surface area contributed by atoms with E-state index in [-0.39, 0.29) is 0 Å². The first-order valence-electron chi connectivity index (χ1n) is 5.06. The molecule has 0 aliphatic carbocycles. The van der Waals surface area contributed by atoms with Crippen molar-refractivity contribution in [1.82, 2.24) is 9.80 Å². The molecule has 1 saturated heterocycles. The Labute approximate surface area is 90.1 Å². The zero-order chi connectivity index (χ0) is 9.97. The summed E-state index contributed by atoms with van der Waals surface area (Å²) in [6, 6.07) is 4.64. The maximum absolute atomic E-state index is 4.25. The summed E-state index contributed by atoms with van der Waals surface area (Å²) in [5.41, 5.74) is 0. The van der Waals surface area contributed by atoms with Gasteiger partial charge in [-0.3, -0.25) is 4.90 Å². The number of hydrogen-bond acceptors (Lipinski definition) is 3. The van der Waals surface area contributed by atoms with Gasteiger partial charge in [-0.05, 0) is 25.4 Å². The van der Waals surface area contributed by atoms with E-state index in [0.717, 1.165) is 26.2 Å². The Morgan fingerprint density at radius 1 is 1.36 bits per heavy atom. The fourth-order valence-electron chi connectivity index (χ4n) is 1.79. The summed E-state index contributed by atoms with van der Waals surface area (Å²) in [5, 5.41) is 2.13. The van der Waals surface area contributed by atoms with E-state index in [9.17, 15) is 0 Å². The van der Waals surface area contributed by atoms with Crippen molar-refractivity contribution in [3.8, 4) is 0 Å². The lowest BCUT2D eigenvalue weighted by molar-refractivity contribution is 0.130. The van der Waals surface area contributed by atoms with Gasteiger partial charge in [0.15, 0.2) is 0 Å². The SMILES string of the molecule is [CH2]C(c1cccs1)N1CCN(C)CC1. The largest absolute Gasteiger partial charge is 0.304 e. The van der Waals surface area contributed by atoms with Gasteiger partial charge in [0, 0.05) is 37.1 Å². The monoisotopic (exact) mass is 209 g/mol. The van der Waals surface area contributed by atoms with Gasteiger partial charge in [0.05, 0.1) is 0 Å². The van der Waals surface area contributed by atoms with Gasteiger partial charge in [-0.25, -0.2) is 0 Å². The van der Waals surface area contributed by atoms with Crippen LogP contribution in [0.3, 0.4) is 0 Å². The van der Waals surface area contributed by atoms with Crippen molar-refractivity contribution >= 4 is 11.3 Å². The summed E-state index contributed by atoms with van der Waals surface area (Å²) in [6.07, 6.45) is 0. The lowest BCUT2D eigenvalue weighted by Crippen LogP contribution is -2.45. The number of thiophene rings is 1. The van der Waals surface area contributed by atoms with E-state index in [4.69, 9.17) is 0 Å². The van der Waals surface area contributed by atoms with E-state index in [2.05, 4.69) is 41.3 Å². The minimum atomic E-state index is 0.351. The Hall–Kier alpha value is -0.380. The van der Waals surface area contributed by atoms with Crippen LogP contribution in [0.2, 0.25) is 0 Å². The van der Waals surface area contributed by atoms with Crippen LogP contribution in [0.15, 0.2) is 17.5 Å². The molecule has 0 spiro atoms. The molecule has 2 nitrogen and oxygen atoms in total. The van der Waals surface area contributed by atoms with E-state index in [1.807, 2.05) is 11.3 Å². The normalized spacial score (nSPS) is 22.4. The highest BCUT2D eigenvalue weighted by Crippen LogP contribution is 2.24. The van der Waals surface area contributed by atoms with Crippen molar-refractivity contribution in [3.05, 3.63) is 29.3 Å². The molecule has 1 radical (unpaired) electrons. The number of likely N-dealkylation sites (N-methyl/N-ethyl adjacent to an activating group) is 1. The van der Waals surface area contributed by atoms with Crippen LogP contribution in [0.4, 0.5) is 0 Å². The fourth-order valence-corrected chi connectivity index (χ4v) is 2.57. The molecule has 14 heavy (non-hydrogen) atoms. The molecule has 1 aliphatic rings. The molecule has 1 fully saturated rings. The van der Waals surface area contributed by atoms with Crippen molar-refractivity contribution in [3.63, 3.8) is 0 Å². The van der Waals surface area contributed by atoms with E-state index in [1.165, 1.54) is 4.88 Å². The molecule has 1 aromatic heterocycles. The molecule has 3 heteroatoms. The maximum atomic E-state index is 4.25. The molecule has 0 bridgehead atoms. The van der Waals surface area contributed by atoms with Crippen LogP contribution >= 0.6 is 11.3 Å². The Kier molecular flexibility index (Phi) is 3.21. The fraction of sp³-hybridized carbons (Fsp3) is 0.545. The quantitative estimate of drug-likeness (QED) is 0.733. The van der Waals surface area contributed by atoms with Crippen LogP contribution in [-0.4, -0.2) is 43.0 Å². The molecule has 2 heterocycles. The zero-order valence-electron chi connectivity index (χ0n) is 8.65. The van der Waals surface area contributed by atoms with Crippen LogP contribution in [-0.2, 0) is 0 Å². The second-order valence-electron chi connectivity index (χ2n) is 3.87. The summed E-state index contributed by atoms with van der Waals surface area (Å²) in [5.74, 6) is 0. The summed E-state index contributed by atoms with van der Waals surface area (Å²) >= 11 is 1.81. The van der Waals surface area contributed by atoms with Crippen LogP contribution in [0.25, 0.3) is 0 Å². The summed E-state index contributed by atoms with van der Waals surface area (Å²) in [4.78, 5) is 6.22. The van der Waals surface area contributed by atoms with Gasteiger partial charge in [-0.2, -0.15) is 0 Å². The highest BCUT2D eigenvalue weighted by atomic mass is 32.1. The Balaban J connectivity index is 1.95. The average Bonchev–Trinajstić information content (AvgIpc) is 2.71. The van der Waals surface area contributed by atoms with E-state index >= 15 is 0 Å². The summed E-state index contributed by atoms with van der Waals surface area (Å²) < 4.78 is 0.